The Kier molecular flexibility index (Phi) is 4.80. The second kappa shape index (κ2) is 7.00. The highest BCUT2D eigenvalue weighted by Crippen LogP contribution is 2.31. The molecule has 0 saturated heterocycles. The minimum Gasteiger partial charge on any atom is -0.326 e. The molecular formula is C17H19N5OS. The molecule has 1 amide bonds. The van der Waals surface area contributed by atoms with Gasteiger partial charge in [0.05, 0.1) is 0 Å². The summed E-state index contributed by atoms with van der Waals surface area (Å²) >= 11 is 1.61. The van der Waals surface area contributed by atoms with E-state index in [9.17, 15) is 4.79 Å². The van der Waals surface area contributed by atoms with E-state index in [0.717, 1.165) is 33.3 Å². The summed E-state index contributed by atoms with van der Waals surface area (Å²) in [7, 11) is 0. The molecule has 3 rings (SSSR count). The lowest BCUT2D eigenvalue weighted by Gasteiger charge is -2.10. The Morgan fingerprint density at radius 3 is 2.71 bits per heavy atom. The maximum absolute atomic E-state index is 11.6. The highest BCUT2D eigenvalue weighted by atomic mass is 32.2. The van der Waals surface area contributed by atoms with Gasteiger partial charge in [-0.15, -0.1) is 0 Å². The van der Waals surface area contributed by atoms with Gasteiger partial charge in [0.15, 0.2) is 0 Å². The average Bonchev–Trinajstić information content (AvgIpc) is 3.01. The smallest absolute Gasteiger partial charge is 0.253 e. The fraction of sp³-hybridized carbons (Fsp3) is 0.294. The van der Waals surface area contributed by atoms with E-state index in [2.05, 4.69) is 20.4 Å². The van der Waals surface area contributed by atoms with Gasteiger partial charge in [0.2, 0.25) is 5.91 Å². The third kappa shape index (κ3) is 3.41. The van der Waals surface area contributed by atoms with Crippen LogP contribution in [-0.4, -0.2) is 25.5 Å². The number of hydrogen-bond acceptors (Lipinski definition) is 5. The molecule has 2 aromatic heterocycles. The lowest BCUT2D eigenvalue weighted by Crippen LogP contribution is -2.10. The van der Waals surface area contributed by atoms with Crippen molar-refractivity contribution in [2.75, 3.05) is 5.32 Å². The summed E-state index contributed by atoms with van der Waals surface area (Å²) in [6.07, 6.45) is 2.89. The number of aromatic nitrogens is 4. The van der Waals surface area contributed by atoms with E-state index in [1.807, 2.05) is 45.0 Å². The summed E-state index contributed by atoms with van der Waals surface area (Å²) in [5.74, 6) is 0.645. The van der Waals surface area contributed by atoms with Crippen LogP contribution in [0.2, 0.25) is 0 Å². The number of anilines is 1. The second-order valence-electron chi connectivity index (χ2n) is 5.52. The summed E-state index contributed by atoms with van der Waals surface area (Å²) < 4.78 is 1.75. The number of nitrogens with zero attached hydrogens (tertiary/aromatic N) is 4. The van der Waals surface area contributed by atoms with Crippen molar-refractivity contribution in [3.05, 3.63) is 41.9 Å². The zero-order chi connectivity index (χ0) is 17.1. The van der Waals surface area contributed by atoms with Crippen LogP contribution in [0.3, 0.4) is 0 Å². The molecule has 1 N–H and O–H groups in total. The first-order valence-electron chi connectivity index (χ1n) is 7.83. The van der Waals surface area contributed by atoms with Crippen LogP contribution in [0.15, 0.2) is 40.5 Å². The fourth-order valence-electron chi connectivity index (χ4n) is 2.29. The van der Waals surface area contributed by atoms with Gasteiger partial charge < -0.3 is 5.32 Å². The Hall–Kier alpha value is -2.41. The topological polar surface area (TPSA) is 72.2 Å². The molecule has 1 aromatic carbocycles. The summed E-state index contributed by atoms with van der Waals surface area (Å²) in [6, 6.07) is 7.81. The molecule has 24 heavy (non-hydrogen) atoms. The Morgan fingerprint density at radius 1 is 1.25 bits per heavy atom. The lowest BCUT2D eigenvalue weighted by atomic mass is 10.3. The van der Waals surface area contributed by atoms with Gasteiger partial charge in [-0.2, -0.15) is 14.6 Å². The largest absolute Gasteiger partial charge is 0.326 e. The van der Waals surface area contributed by atoms with E-state index in [0.29, 0.717) is 12.2 Å². The molecule has 7 heteroatoms. The molecule has 0 aliphatic rings. The molecule has 2 heterocycles. The lowest BCUT2D eigenvalue weighted by molar-refractivity contribution is -0.116. The molecule has 6 nitrogen and oxygen atoms in total. The first kappa shape index (κ1) is 16.4. The first-order valence-corrected chi connectivity index (χ1v) is 8.65. The van der Waals surface area contributed by atoms with E-state index in [1.54, 1.807) is 16.3 Å². The predicted octanol–water partition coefficient (Wildman–Crippen LogP) is 3.63. The number of aryl methyl sites for hydroxylation is 1. The molecule has 0 radical (unpaired) electrons. The van der Waals surface area contributed by atoms with Crippen LogP contribution >= 0.6 is 11.8 Å². The van der Waals surface area contributed by atoms with Crippen LogP contribution in [0.25, 0.3) is 5.78 Å². The van der Waals surface area contributed by atoms with Gasteiger partial charge in [0, 0.05) is 28.3 Å². The molecular weight excluding hydrogens is 322 g/mol. The van der Waals surface area contributed by atoms with Crippen molar-refractivity contribution in [2.45, 2.75) is 43.5 Å². The minimum absolute atomic E-state index is 0.0443. The Morgan fingerprint density at radius 2 is 2.00 bits per heavy atom. The third-order valence-electron chi connectivity index (χ3n) is 3.68. The van der Waals surface area contributed by atoms with E-state index < -0.39 is 0 Å². The van der Waals surface area contributed by atoms with Crippen molar-refractivity contribution in [3.63, 3.8) is 0 Å². The van der Waals surface area contributed by atoms with Gasteiger partial charge in [-0.3, -0.25) is 4.79 Å². The number of nitrogens with one attached hydrogen (secondary N) is 1. The van der Waals surface area contributed by atoms with Crippen molar-refractivity contribution >= 4 is 29.1 Å². The highest BCUT2D eigenvalue weighted by molar-refractivity contribution is 7.99. The van der Waals surface area contributed by atoms with Crippen molar-refractivity contribution < 1.29 is 4.79 Å². The second-order valence-corrected chi connectivity index (χ2v) is 6.59. The van der Waals surface area contributed by atoms with Gasteiger partial charge >= 0.3 is 0 Å². The minimum atomic E-state index is 0.0443. The van der Waals surface area contributed by atoms with E-state index >= 15 is 0 Å². The standard InChI is InChI=1S/C17H19N5OS/c1-4-5-15(23)21-13-6-8-14(9-7-13)24-16-11(2)12(3)20-17-18-10-19-22(16)17/h6-10H,4-5H2,1-3H3,(H,21,23). The predicted molar refractivity (Wildman–Crippen MR) is 94.4 cm³/mol. The zero-order valence-electron chi connectivity index (χ0n) is 13.9. The molecule has 0 bridgehead atoms. The molecule has 0 aliphatic heterocycles. The third-order valence-corrected chi connectivity index (χ3v) is 4.86. The molecule has 0 unspecified atom stereocenters. The van der Waals surface area contributed by atoms with E-state index in [4.69, 9.17) is 0 Å². The van der Waals surface area contributed by atoms with Gasteiger partial charge in [0.1, 0.15) is 11.4 Å². The molecule has 0 aliphatic carbocycles. The number of rotatable bonds is 5. The maximum atomic E-state index is 11.6. The molecule has 0 atom stereocenters. The van der Waals surface area contributed by atoms with Gasteiger partial charge in [-0.1, -0.05) is 18.7 Å². The number of hydrogen-bond donors (Lipinski definition) is 1. The Balaban J connectivity index is 1.83. The molecule has 124 valence electrons. The van der Waals surface area contributed by atoms with Gasteiger partial charge in [-0.25, -0.2) is 4.98 Å². The molecule has 0 saturated carbocycles. The summed E-state index contributed by atoms with van der Waals surface area (Å²) in [4.78, 5) is 21.3. The number of benzene rings is 1. The summed E-state index contributed by atoms with van der Waals surface area (Å²) in [5, 5.41) is 8.15. The SMILES string of the molecule is CCCC(=O)Nc1ccc(Sc2c(C)c(C)nc3ncnn23)cc1. The Labute approximate surface area is 144 Å². The number of amides is 1. The van der Waals surface area contributed by atoms with E-state index in [-0.39, 0.29) is 5.91 Å². The van der Waals surface area contributed by atoms with E-state index in [1.165, 1.54) is 6.33 Å². The quantitative estimate of drug-likeness (QED) is 0.718. The average molecular weight is 341 g/mol. The number of carbonyl (C=O) groups excluding carboxylic acids is 1. The normalized spacial score (nSPS) is 11.0. The van der Waals surface area contributed by atoms with Crippen LogP contribution in [0.4, 0.5) is 5.69 Å². The molecule has 0 fully saturated rings. The van der Waals surface area contributed by atoms with Crippen LogP contribution in [0.1, 0.15) is 31.0 Å². The highest BCUT2D eigenvalue weighted by Gasteiger charge is 2.12. The van der Waals surface area contributed by atoms with Crippen molar-refractivity contribution in [2.24, 2.45) is 0 Å². The van der Waals surface area contributed by atoms with Gasteiger partial charge in [-0.05, 0) is 44.5 Å². The van der Waals surface area contributed by atoms with Gasteiger partial charge in [0.25, 0.3) is 5.78 Å². The van der Waals surface area contributed by atoms with Crippen LogP contribution in [0, 0.1) is 13.8 Å². The summed E-state index contributed by atoms with van der Waals surface area (Å²) in [5.41, 5.74) is 2.84. The number of carbonyl (C=O) groups is 1. The number of fused-ring (bicyclic) bond motifs is 1. The maximum Gasteiger partial charge on any atom is 0.253 e. The van der Waals surface area contributed by atoms with Crippen LogP contribution in [-0.2, 0) is 4.79 Å². The van der Waals surface area contributed by atoms with Crippen LogP contribution < -0.4 is 5.32 Å². The molecule has 3 aromatic rings. The molecule has 0 spiro atoms. The van der Waals surface area contributed by atoms with Crippen molar-refractivity contribution in [1.29, 1.82) is 0 Å². The van der Waals surface area contributed by atoms with Crippen molar-refractivity contribution in [3.8, 4) is 0 Å². The Bertz CT molecular complexity index is 873. The fourth-order valence-corrected chi connectivity index (χ4v) is 3.30. The monoisotopic (exact) mass is 341 g/mol. The first-order chi connectivity index (χ1) is 11.6. The van der Waals surface area contributed by atoms with Crippen LogP contribution in [0.5, 0.6) is 0 Å². The summed E-state index contributed by atoms with van der Waals surface area (Å²) in [6.45, 7) is 5.99. The zero-order valence-corrected chi connectivity index (χ0v) is 14.7. The van der Waals surface area contributed by atoms with Crippen molar-refractivity contribution in [1.82, 2.24) is 19.6 Å².